The molecule has 74 valence electrons. The van der Waals surface area contributed by atoms with Gasteiger partial charge >= 0.3 is 0 Å². The quantitative estimate of drug-likeness (QED) is 0.652. The van der Waals surface area contributed by atoms with Crippen LogP contribution < -0.4 is 0 Å². The van der Waals surface area contributed by atoms with Crippen LogP contribution in [0.4, 0.5) is 0 Å². The van der Waals surface area contributed by atoms with E-state index in [9.17, 15) is 0 Å². The van der Waals surface area contributed by atoms with Crippen molar-refractivity contribution in [2.24, 2.45) is 0 Å². The molecule has 1 nitrogen and oxygen atoms in total. The molecule has 0 N–H and O–H groups in total. The standard InChI is InChI=1S/C13H17N/c1-4-9-14(3)10-8-13-7-5-6-12(2)11-13/h1,5-7,11H,8-10H2,2-3H3. The molecule has 1 rings (SSSR count). The van der Waals surface area contributed by atoms with Gasteiger partial charge in [0.1, 0.15) is 0 Å². The molecule has 0 amide bonds. The van der Waals surface area contributed by atoms with Gasteiger partial charge in [0.05, 0.1) is 6.54 Å². The molecule has 0 unspecified atom stereocenters. The SMILES string of the molecule is C#CCN(C)CCc1cccc(C)c1. The smallest absolute Gasteiger partial charge is 0.0596 e. The highest BCUT2D eigenvalue weighted by atomic mass is 15.1. The van der Waals surface area contributed by atoms with Crippen LogP contribution in [-0.4, -0.2) is 25.0 Å². The average Bonchev–Trinajstić information content (AvgIpc) is 2.15. The van der Waals surface area contributed by atoms with Gasteiger partial charge in [0.25, 0.3) is 0 Å². The first kappa shape index (κ1) is 10.8. The molecule has 1 aromatic rings. The normalized spacial score (nSPS) is 10.1. The third kappa shape index (κ3) is 3.64. The minimum Gasteiger partial charge on any atom is -0.295 e. The Kier molecular flexibility index (Phi) is 4.22. The minimum absolute atomic E-state index is 0.728. The first-order valence-corrected chi connectivity index (χ1v) is 4.90. The van der Waals surface area contributed by atoms with E-state index >= 15 is 0 Å². The summed E-state index contributed by atoms with van der Waals surface area (Å²) in [6.45, 7) is 3.87. The Balaban J connectivity index is 2.42. The number of likely N-dealkylation sites (N-methyl/N-ethyl adjacent to an activating group) is 1. The van der Waals surface area contributed by atoms with Gasteiger partial charge in [-0.1, -0.05) is 35.7 Å². The van der Waals surface area contributed by atoms with E-state index in [2.05, 4.69) is 49.1 Å². The average molecular weight is 187 g/mol. The van der Waals surface area contributed by atoms with E-state index in [-0.39, 0.29) is 0 Å². The van der Waals surface area contributed by atoms with Crippen molar-refractivity contribution < 1.29 is 0 Å². The van der Waals surface area contributed by atoms with Crippen LogP contribution in [0.5, 0.6) is 0 Å². The van der Waals surface area contributed by atoms with Crippen molar-refractivity contribution in [1.82, 2.24) is 4.90 Å². The fraction of sp³-hybridized carbons (Fsp3) is 0.385. The Bertz CT molecular complexity index is 322. The highest BCUT2D eigenvalue weighted by molar-refractivity contribution is 5.22. The molecule has 0 spiro atoms. The van der Waals surface area contributed by atoms with Gasteiger partial charge in [0.15, 0.2) is 0 Å². The molecule has 0 heterocycles. The maximum absolute atomic E-state index is 5.23. The summed E-state index contributed by atoms with van der Waals surface area (Å²) in [5.41, 5.74) is 2.70. The van der Waals surface area contributed by atoms with E-state index in [4.69, 9.17) is 6.42 Å². The third-order valence-corrected chi connectivity index (χ3v) is 2.23. The van der Waals surface area contributed by atoms with Crippen LogP contribution in [0.3, 0.4) is 0 Å². The van der Waals surface area contributed by atoms with Gasteiger partial charge in [0, 0.05) is 6.54 Å². The summed E-state index contributed by atoms with van der Waals surface area (Å²) in [5.74, 6) is 2.64. The van der Waals surface area contributed by atoms with Crippen LogP contribution in [0.1, 0.15) is 11.1 Å². The molecule has 0 bridgehead atoms. The highest BCUT2D eigenvalue weighted by Gasteiger charge is 1.97. The first-order valence-electron chi connectivity index (χ1n) is 4.90. The number of nitrogens with zero attached hydrogens (tertiary/aromatic N) is 1. The molecule has 1 heteroatoms. The molecule has 0 aliphatic rings. The van der Waals surface area contributed by atoms with Crippen molar-refractivity contribution >= 4 is 0 Å². The predicted molar refractivity (Wildman–Crippen MR) is 61.2 cm³/mol. The molecular formula is C13H17N. The summed E-state index contributed by atoms with van der Waals surface area (Å²) < 4.78 is 0. The summed E-state index contributed by atoms with van der Waals surface area (Å²) in [6, 6.07) is 8.61. The van der Waals surface area contributed by atoms with Crippen molar-refractivity contribution in [3.63, 3.8) is 0 Å². The van der Waals surface area contributed by atoms with E-state index in [1.807, 2.05) is 0 Å². The molecule has 0 fully saturated rings. The van der Waals surface area contributed by atoms with Crippen LogP contribution in [0.25, 0.3) is 0 Å². The maximum atomic E-state index is 5.23. The zero-order chi connectivity index (χ0) is 10.4. The maximum Gasteiger partial charge on any atom is 0.0596 e. The third-order valence-electron chi connectivity index (χ3n) is 2.23. The summed E-state index contributed by atoms with van der Waals surface area (Å²) in [5, 5.41) is 0. The Morgan fingerprint density at radius 1 is 1.43 bits per heavy atom. The van der Waals surface area contributed by atoms with Crippen LogP contribution in [-0.2, 0) is 6.42 Å². The summed E-state index contributed by atoms with van der Waals surface area (Å²) in [4.78, 5) is 2.16. The number of terminal acetylenes is 1. The molecule has 0 radical (unpaired) electrons. The summed E-state index contributed by atoms with van der Waals surface area (Å²) in [7, 11) is 2.05. The summed E-state index contributed by atoms with van der Waals surface area (Å²) >= 11 is 0. The molecule has 0 atom stereocenters. The Hall–Kier alpha value is -1.26. The van der Waals surface area contributed by atoms with E-state index in [0.717, 1.165) is 19.5 Å². The molecule has 0 saturated carbocycles. The van der Waals surface area contributed by atoms with Crippen LogP contribution in [0, 0.1) is 19.3 Å². The predicted octanol–water partition coefficient (Wildman–Crippen LogP) is 2.10. The van der Waals surface area contributed by atoms with Crippen molar-refractivity contribution in [2.75, 3.05) is 20.1 Å². The van der Waals surface area contributed by atoms with Crippen molar-refractivity contribution in [2.45, 2.75) is 13.3 Å². The van der Waals surface area contributed by atoms with E-state index < -0.39 is 0 Å². The van der Waals surface area contributed by atoms with Gasteiger partial charge in [-0.2, -0.15) is 0 Å². The van der Waals surface area contributed by atoms with Crippen molar-refractivity contribution in [1.29, 1.82) is 0 Å². The van der Waals surface area contributed by atoms with E-state index in [1.165, 1.54) is 11.1 Å². The zero-order valence-corrected chi connectivity index (χ0v) is 8.96. The van der Waals surface area contributed by atoms with Gasteiger partial charge in [-0.05, 0) is 26.0 Å². The van der Waals surface area contributed by atoms with Gasteiger partial charge in [-0.25, -0.2) is 0 Å². The van der Waals surface area contributed by atoms with Crippen LogP contribution in [0.15, 0.2) is 24.3 Å². The Labute approximate surface area is 86.7 Å². The second kappa shape index (κ2) is 5.47. The molecule has 14 heavy (non-hydrogen) atoms. The Morgan fingerprint density at radius 3 is 2.86 bits per heavy atom. The molecule has 0 aromatic heterocycles. The topological polar surface area (TPSA) is 3.24 Å². The highest BCUT2D eigenvalue weighted by Crippen LogP contribution is 2.04. The second-order valence-corrected chi connectivity index (χ2v) is 3.68. The van der Waals surface area contributed by atoms with Gasteiger partial charge < -0.3 is 0 Å². The molecule has 0 aliphatic heterocycles. The molecule has 0 aliphatic carbocycles. The van der Waals surface area contributed by atoms with Gasteiger partial charge in [0.2, 0.25) is 0 Å². The van der Waals surface area contributed by atoms with Gasteiger partial charge in [-0.15, -0.1) is 6.42 Å². The van der Waals surface area contributed by atoms with Gasteiger partial charge in [-0.3, -0.25) is 4.90 Å². The lowest BCUT2D eigenvalue weighted by molar-refractivity contribution is 0.381. The second-order valence-electron chi connectivity index (χ2n) is 3.68. The van der Waals surface area contributed by atoms with Crippen LogP contribution in [0.2, 0.25) is 0 Å². The fourth-order valence-electron chi connectivity index (χ4n) is 1.42. The van der Waals surface area contributed by atoms with Crippen LogP contribution >= 0.6 is 0 Å². The number of rotatable bonds is 4. The number of benzene rings is 1. The molecular weight excluding hydrogens is 170 g/mol. The monoisotopic (exact) mass is 187 g/mol. The zero-order valence-electron chi connectivity index (χ0n) is 8.96. The van der Waals surface area contributed by atoms with E-state index in [1.54, 1.807) is 0 Å². The van der Waals surface area contributed by atoms with Crippen molar-refractivity contribution in [3.05, 3.63) is 35.4 Å². The lowest BCUT2D eigenvalue weighted by atomic mass is 10.1. The molecule has 1 aromatic carbocycles. The minimum atomic E-state index is 0.728. The number of aryl methyl sites for hydroxylation is 1. The van der Waals surface area contributed by atoms with Crippen molar-refractivity contribution in [3.8, 4) is 12.3 Å². The number of hydrogen-bond acceptors (Lipinski definition) is 1. The lowest BCUT2D eigenvalue weighted by Gasteiger charge is -2.12. The fourth-order valence-corrected chi connectivity index (χ4v) is 1.42. The summed E-state index contributed by atoms with van der Waals surface area (Å²) in [6.07, 6.45) is 6.30. The number of hydrogen-bond donors (Lipinski definition) is 0. The van der Waals surface area contributed by atoms with E-state index in [0.29, 0.717) is 0 Å². The first-order chi connectivity index (χ1) is 6.72. The Morgan fingerprint density at radius 2 is 2.21 bits per heavy atom. The molecule has 0 saturated heterocycles. The largest absolute Gasteiger partial charge is 0.295 e. The lowest BCUT2D eigenvalue weighted by Crippen LogP contribution is -2.21.